The Hall–Kier alpha value is -1.10. The first-order valence-corrected chi connectivity index (χ1v) is 4.60. The van der Waals surface area contributed by atoms with Gasteiger partial charge >= 0.3 is 6.18 Å². The summed E-state index contributed by atoms with van der Waals surface area (Å²) in [6.07, 6.45) is -4.21. The number of benzene rings is 1. The van der Waals surface area contributed by atoms with Crippen LogP contribution < -0.4 is 10.5 Å². The van der Waals surface area contributed by atoms with Crippen molar-refractivity contribution in [3.63, 3.8) is 0 Å². The number of alkyl halides is 3. The lowest BCUT2D eigenvalue weighted by Crippen LogP contribution is -2.09. The first-order valence-electron chi connectivity index (χ1n) is 4.22. The van der Waals surface area contributed by atoms with Crippen LogP contribution >= 0.6 is 11.6 Å². The Morgan fingerprint density at radius 3 is 2.67 bits per heavy atom. The van der Waals surface area contributed by atoms with Gasteiger partial charge in [0.15, 0.2) is 0 Å². The average Bonchev–Trinajstić information content (AvgIpc) is 2.57. The van der Waals surface area contributed by atoms with Crippen molar-refractivity contribution < 1.29 is 17.9 Å². The van der Waals surface area contributed by atoms with Crippen LogP contribution in [0, 0.1) is 0 Å². The number of hydrogen-bond acceptors (Lipinski definition) is 2. The number of nitrogens with two attached hydrogens (primary N) is 1. The number of fused-ring (bicyclic) bond motifs is 1. The topological polar surface area (TPSA) is 35.2 Å². The van der Waals surface area contributed by atoms with Crippen molar-refractivity contribution in [2.75, 3.05) is 12.3 Å². The SMILES string of the molecule is Nc1c(Cl)cc(C(F)(F)F)c2c1OCC2. The molecule has 0 bridgehead atoms. The highest BCUT2D eigenvalue weighted by Crippen LogP contribution is 2.44. The van der Waals surface area contributed by atoms with Gasteiger partial charge in [-0.3, -0.25) is 0 Å². The number of hydrogen-bond donors (Lipinski definition) is 1. The second-order valence-electron chi connectivity index (χ2n) is 3.22. The minimum atomic E-state index is -4.42. The molecule has 0 fully saturated rings. The van der Waals surface area contributed by atoms with Gasteiger partial charge in [-0.25, -0.2) is 0 Å². The second kappa shape index (κ2) is 3.20. The molecule has 2 N–H and O–H groups in total. The van der Waals surface area contributed by atoms with Crippen LogP contribution in [0.1, 0.15) is 11.1 Å². The van der Waals surface area contributed by atoms with Crippen LogP contribution in [-0.4, -0.2) is 6.61 Å². The van der Waals surface area contributed by atoms with Crippen LogP contribution in [0.4, 0.5) is 18.9 Å². The molecule has 2 rings (SSSR count). The molecule has 0 unspecified atom stereocenters. The molecule has 82 valence electrons. The molecule has 0 aliphatic carbocycles. The highest BCUT2D eigenvalue weighted by molar-refractivity contribution is 6.33. The van der Waals surface area contributed by atoms with Crippen LogP contribution in [0.3, 0.4) is 0 Å². The minimum absolute atomic E-state index is 0.0785. The van der Waals surface area contributed by atoms with Crippen LogP contribution in [0.5, 0.6) is 5.75 Å². The molecule has 15 heavy (non-hydrogen) atoms. The molecular formula is C9H7ClF3NO. The minimum Gasteiger partial charge on any atom is -0.491 e. The normalized spacial score (nSPS) is 14.9. The van der Waals surface area contributed by atoms with Gasteiger partial charge in [0.2, 0.25) is 0 Å². The summed E-state index contributed by atoms with van der Waals surface area (Å²) in [6.45, 7) is 0.211. The zero-order valence-electron chi connectivity index (χ0n) is 7.49. The van der Waals surface area contributed by atoms with Crippen molar-refractivity contribution in [2.45, 2.75) is 12.6 Å². The maximum atomic E-state index is 12.6. The Kier molecular flexibility index (Phi) is 2.22. The Morgan fingerprint density at radius 1 is 1.40 bits per heavy atom. The van der Waals surface area contributed by atoms with Gasteiger partial charge in [0.1, 0.15) is 5.75 Å². The second-order valence-corrected chi connectivity index (χ2v) is 3.63. The van der Waals surface area contributed by atoms with E-state index in [9.17, 15) is 13.2 Å². The molecule has 1 aliphatic heterocycles. The Balaban J connectivity index is 2.68. The Morgan fingerprint density at radius 2 is 2.07 bits per heavy atom. The van der Waals surface area contributed by atoms with Gasteiger partial charge in [0.05, 0.1) is 22.9 Å². The Labute approximate surface area is 88.8 Å². The monoisotopic (exact) mass is 237 g/mol. The van der Waals surface area contributed by atoms with E-state index in [0.717, 1.165) is 6.07 Å². The van der Waals surface area contributed by atoms with E-state index in [0.29, 0.717) is 0 Å². The summed E-state index contributed by atoms with van der Waals surface area (Å²) >= 11 is 5.60. The fourth-order valence-electron chi connectivity index (χ4n) is 1.61. The van der Waals surface area contributed by atoms with Crippen molar-refractivity contribution >= 4 is 17.3 Å². The summed E-state index contributed by atoms with van der Waals surface area (Å²) in [5.74, 6) is 0.0785. The molecule has 6 heteroatoms. The summed E-state index contributed by atoms with van der Waals surface area (Å²) in [4.78, 5) is 0. The fourth-order valence-corrected chi connectivity index (χ4v) is 1.80. The van der Waals surface area contributed by atoms with E-state index in [1.807, 2.05) is 0 Å². The summed E-state index contributed by atoms with van der Waals surface area (Å²) in [7, 11) is 0. The van der Waals surface area contributed by atoms with Gasteiger partial charge in [-0.15, -0.1) is 0 Å². The summed E-state index contributed by atoms with van der Waals surface area (Å²) < 4.78 is 42.8. The molecule has 1 aromatic rings. The molecule has 0 saturated heterocycles. The lowest BCUT2D eigenvalue weighted by Gasteiger charge is -2.13. The quantitative estimate of drug-likeness (QED) is 0.704. The van der Waals surface area contributed by atoms with Crippen LogP contribution in [0.25, 0.3) is 0 Å². The summed E-state index contributed by atoms with van der Waals surface area (Å²) in [5.41, 5.74) is 4.95. The highest BCUT2D eigenvalue weighted by Gasteiger charge is 2.37. The van der Waals surface area contributed by atoms with Gasteiger partial charge in [0.25, 0.3) is 0 Å². The first kappa shape index (κ1) is 10.4. The van der Waals surface area contributed by atoms with Crippen molar-refractivity contribution in [3.8, 4) is 5.75 Å². The maximum Gasteiger partial charge on any atom is 0.416 e. The zero-order valence-corrected chi connectivity index (χ0v) is 8.24. The van der Waals surface area contributed by atoms with Gasteiger partial charge in [0, 0.05) is 12.0 Å². The van der Waals surface area contributed by atoms with E-state index < -0.39 is 11.7 Å². The van der Waals surface area contributed by atoms with Gasteiger partial charge < -0.3 is 10.5 Å². The van der Waals surface area contributed by atoms with E-state index in [1.165, 1.54) is 0 Å². The third-order valence-corrected chi connectivity index (χ3v) is 2.59. The molecular weight excluding hydrogens is 231 g/mol. The van der Waals surface area contributed by atoms with Crippen molar-refractivity contribution in [3.05, 3.63) is 22.2 Å². The molecule has 1 heterocycles. The number of anilines is 1. The van der Waals surface area contributed by atoms with E-state index in [1.54, 1.807) is 0 Å². The van der Waals surface area contributed by atoms with Crippen LogP contribution in [0.15, 0.2) is 6.07 Å². The third-order valence-electron chi connectivity index (χ3n) is 2.28. The average molecular weight is 238 g/mol. The molecule has 1 aliphatic rings. The van der Waals surface area contributed by atoms with Crippen molar-refractivity contribution in [1.29, 1.82) is 0 Å². The maximum absolute atomic E-state index is 12.6. The zero-order chi connectivity index (χ0) is 11.2. The summed E-state index contributed by atoms with van der Waals surface area (Å²) in [6, 6.07) is 0.852. The number of rotatable bonds is 0. The highest BCUT2D eigenvalue weighted by atomic mass is 35.5. The molecule has 0 amide bonds. The smallest absolute Gasteiger partial charge is 0.416 e. The molecule has 2 nitrogen and oxygen atoms in total. The van der Waals surface area contributed by atoms with Crippen LogP contribution in [0.2, 0.25) is 5.02 Å². The number of nitrogen functional groups attached to an aromatic ring is 1. The predicted molar refractivity (Wildman–Crippen MR) is 50.1 cm³/mol. The van der Waals surface area contributed by atoms with Gasteiger partial charge in [-0.2, -0.15) is 13.2 Å². The first-order chi connectivity index (χ1) is 6.91. The van der Waals surface area contributed by atoms with Crippen molar-refractivity contribution in [2.24, 2.45) is 0 Å². The van der Waals surface area contributed by atoms with Gasteiger partial charge in [-0.05, 0) is 6.07 Å². The van der Waals surface area contributed by atoms with Gasteiger partial charge in [-0.1, -0.05) is 11.6 Å². The molecule has 0 radical (unpaired) electrons. The van der Waals surface area contributed by atoms with Crippen molar-refractivity contribution in [1.82, 2.24) is 0 Å². The lowest BCUT2D eigenvalue weighted by atomic mass is 10.0. The largest absolute Gasteiger partial charge is 0.491 e. The molecule has 0 saturated carbocycles. The lowest BCUT2D eigenvalue weighted by molar-refractivity contribution is -0.138. The molecule has 1 aromatic carbocycles. The van der Waals surface area contributed by atoms with E-state index in [2.05, 4.69) is 0 Å². The van der Waals surface area contributed by atoms with E-state index in [-0.39, 0.29) is 35.1 Å². The predicted octanol–water partition coefficient (Wildman–Crippen LogP) is 2.88. The number of halogens is 4. The van der Waals surface area contributed by atoms with E-state index in [4.69, 9.17) is 22.1 Å². The molecule has 0 atom stereocenters. The molecule has 0 aromatic heterocycles. The number of ether oxygens (including phenoxy) is 1. The summed E-state index contributed by atoms with van der Waals surface area (Å²) in [5, 5.41) is -0.122. The third kappa shape index (κ3) is 1.61. The molecule has 0 spiro atoms. The van der Waals surface area contributed by atoms with Crippen LogP contribution in [-0.2, 0) is 12.6 Å². The fraction of sp³-hybridized carbons (Fsp3) is 0.333. The van der Waals surface area contributed by atoms with E-state index >= 15 is 0 Å². The standard InChI is InChI=1S/C9H7ClF3NO/c10-6-3-5(9(11,12)13)4-1-2-15-8(4)7(6)14/h3H,1-2,14H2. The Bertz CT molecular complexity index is 417.